The van der Waals surface area contributed by atoms with Gasteiger partial charge < -0.3 is 0 Å². The van der Waals surface area contributed by atoms with Crippen LogP contribution in [0.3, 0.4) is 0 Å². The van der Waals surface area contributed by atoms with Crippen molar-refractivity contribution in [1.29, 1.82) is 0 Å². The fourth-order valence-electron chi connectivity index (χ4n) is 3.01. The molecule has 0 spiro atoms. The van der Waals surface area contributed by atoms with Crippen molar-refractivity contribution in [3.05, 3.63) is 76.6 Å². The van der Waals surface area contributed by atoms with Gasteiger partial charge in [-0.2, -0.15) is 0 Å². The number of rotatable bonds is 2. The average molecular weight is 369 g/mol. The first kappa shape index (κ1) is 20.5. The lowest BCUT2D eigenvalue weighted by atomic mass is 9.83. The van der Waals surface area contributed by atoms with Gasteiger partial charge in [-0.05, 0) is 77.8 Å². The molecule has 0 fully saturated rings. The fourth-order valence-corrected chi connectivity index (χ4v) is 3.23. The van der Waals surface area contributed by atoms with Crippen molar-refractivity contribution in [1.82, 2.24) is 0 Å². The van der Waals surface area contributed by atoms with Crippen molar-refractivity contribution in [3.8, 4) is 0 Å². The molecule has 1 aliphatic carbocycles. The zero-order valence-corrected chi connectivity index (χ0v) is 17.3. The van der Waals surface area contributed by atoms with Gasteiger partial charge in [0.25, 0.3) is 0 Å². The van der Waals surface area contributed by atoms with Crippen molar-refractivity contribution >= 4 is 23.8 Å². The summed E-state index contributed by atoms with van der Waals surface area (Å²) in [6, 6.07) is 11.8. The highest BCUT2D eigenvalue weighted by Gasteiger charge is 2.17. The third kappa shape index (κ3) is 4.88. The second-order valence-corrected chi connectivity index (χ2v) is 7.59. The van der Waals surface area contributed by atoms with E-state index in [4.69, 9.17) is 0 Å². The summed E-state index contributed by atoms with van der Waals surface area (Å²) in [6.07, 6.45) is 6.65. The summed E-state index contributed by atoms with van der Waals surface area (Å²) < 4.78 is 13.6. The molecule has 1 atom stereocenters. The molecule has 0 heterocycles. The van der Waals surface area contributed by atoms with Gasteiger partial charge in [-0.15, -0.1) is 12.6 Å². The zero-order chi connectivity index (χ0) is 19.3. The van der Waals surface area contributed by atoms with Crippen LogP contribution < -0.4 is 0 Å². The minimum absolute atomic E-state index is 0.150. The molecule has 0 aromatic heterocycles. The van der Waals surface area contributed by atoms with Gasteiger partial charge in [0.15, 0.2) is 0 Å². The molecule has 0 bridgehead atoms. The summed E-state index contributed by atoms with van der Waals surface area (Å²) in [7, 11) is 0. The molecule has 2 heteroatoms. The maximum atomic E-state index is 13.6. The molecule has 0 radical (unpaired) electrons. The first-order chi connectivity index (χ1) is 12.4. The Bertz CT molecular complexity index is 830. The highest BCUT2D eigenvalue weighted by atomic mass is 32.1. The van der Waals surface area contributed by atoms with Gasteiger partial charge in [-0.25, -0.2) is 4.39 Å². The number of allylic oxidation sites excluding steroid dienone is 4. The number of halogens is 1. The monoisotopic (exact) mass is 368 g/mol. The van der Waals surface area contributed by atoms with E-state index in [0.29, 0.717) is 11.5 Å². The largest absolute Gasteiger partial charge is 0.207 e. The van der Waals surface area contributed by atoms with E-state index in [1.165, 1.54) is 28.7 Å². The Morgan fingerprint density at radius 3 is 2.27 bits per heavy atom. The second-order valence-electron chi connectivity index (χ2n) is 7.11. The minimum atomic E-state index is -0.150. The van der Waals surface area contributed by atoms with Crippen LogP contribution in [0, 0.1) is 25.6 Å². The SMILES string of the molecule is CCC.Cc1cc(C2=C(c3ccc(C)c(S)c3)C=CC(C)C2)ccc1F. The van der Waals surface area contributed by atoms with Gasteiger partial charge in [0.2, 0.25) is 0 Å². The van der Waals surface area contributed by atoms with Gasteiger partial charge >= 0.3 is 0 Å². The van der Waals surface area contributed by atoms with Gasteiger partial charge in [0.05, 0.1) is 0 Å². The smallest absolute Gasteiger partial charge is 0.126 e. The lowest BCUT2D eigenvalue weighted by molar-refractivity contribution is 0.618. The van der Waals surface area contributed by atoms with E-state index in [-0.39, 0.29) is 5.82 Å². The number of hydrogen-bond acceptors (Lipinski definition) is 1. The highest BCUT2D eigenvalue weighted by Crippen LogP contribution is 2.37. The maximum absolute atomic E-state index is 13.6. The van der Waals surface area contributed by atoms with E-state index < -0.39 is 0 Å². The summed E-state index contributed by atoms with van der Waals surface area (Å²) in [6.45, 7) is 10.3. The van der Waals surface area contributed by atoms with Gasteiger partial charge in [0.1, 0.15) is 5.82 Å². The van der Waals surface area contributed by atoms with Crippen molar-refractivity contribution in [2.45, 2.75) is 52.4 Å². The van der Waals surface area contributed by atoms with Gasteiger partial charge in [-0.1, -0.05) is 57.5 Å². The minimum Gasteiger partial charge on any atom is -0.207 e. The van der Waals surface area contributed by atoms with Crippen LogP contribution in [-0.4, -0.2) is 0 Å². The maximum Gasteiger partial charge on any atom is 0.126 e. The van der Waals surface area contributed by atoms with Crippen molar-refractivity contribution in [3.63, 3.8) is 0 Å². The molecule has 0 N–H and O–H groups in total. The topological polar surface area (TPSA) is 0 Å². The Hall–Kier alpha value is -1.80. The molecule has 0 aliphatic heterocycles. The average Bonchev–Trinajstić information content (AvgIpc) is 2.60. The molecule has 138 valence electrons. The van der Waals surface area contributed by atoms with E-state index in [9.17, 15) is 4.39 Å². The third-order valence-corrected chi connectivity index (χ3v) is 4.95. The molecule has 26 heavy (non-hydrogen) atoms. The molecule has 0 saturated carbocycles. The first-order valence-electron chi connectivity index (χ1n) is 9.35. The van der Waals surface area contributed by atoms with Crippen LogP contribution in [0.15, 0.2) is 53.4 Å². The molecule has 0 saturated heterocycles. The molecule has 2 aromatic rings. The Morgan fingerprint density at radius 2 is 1.65 bits per heavy atom. The third-order valence-electron chi connectivity index (χ3n) is 4.47. The van der Waals surface area contributed by atoms with Crippen LogP contribution in [0.2, 0.25) is 0 Å². The van der Waals surface area contributed by atoms with Gasteiger partial charge in [0, 0.05) is 4.90 Å². The number of aryl methyl sites for hydroxylation is 2. The lowest BCUT2D eigenvalue weighted by Crippen LogP contribution is -2.02. The standard InChI is InChI=1S/C21H21FS.C3H8/c1-13-4-8-18(17-6-5-14(2)21(23)12-17)19(10-13)16-7-9-20(22)15(3)11-16;1-3-2/h4-9,11-13,23H,10H2,1-3H3;3H2,1-2H3. The van der Waals surface area contributed by atoms with E-state index in [1.807, 2.05) is 19.1 Å². The van der Waals surface area contributed by atoms with E-state index >= 15 is 0 Å². The Kier molecular flexibility index (Phi) is 7.28. The zero-order valence-electron chi connectivity index (χ0n) is 16.4. The van der Waals surface area contributed by atoms with Crippen LogP contribution in [-0.2, 0) is 0 Å². The number of benzene rings is 2. The first-order valence-corrected chi connectivity index (χ1v) is 9.79. The molecule has 0 nitrogen and oxygen atoms in total. The van der Waals surface area contributed by atoms with Crippen LogP contribution in [0.5, 0.6) is 0 Å². The molecular weight excluding hydrogens is 339 g/mol. The molecule has 1 unspecified atom stereocenters. The van der Waals surface area contributed by atoms with Crippen LogP contribution in [0.1, 0.15) is 55.9 Å². The Labute approximate surface area is 163 Å². The molecule has 0 amide bonds. The highest BCUT2D eigenvalue weighted by molar-refractivity contribution is 7.80. The van der Waals surface area contributed by atoms with Crippen molar-refractivity contribution in [2.75, 3.05) is 0 Å². The van der Waals surface area contributed by atoms with Crippen molar-refractivity contribution < 1.29 is 4.39 Å². The summed E-state index contributed by atoms with van der Waals surface area (Å²) in [5.74, 6) is 0.336. The molecular formula is C24H29FS. The van der Waals surface area contributed by atoms with E-state index in [0.717, 1.165) is 16.9 Å². The summed E-state index contributed by atoms with van der Waals surface area (Å²) in [5, 5.41) is 0. The molecule has 3 rings (SSSR count). The van der Waals surface area contributed by atoms with Crippen LogP contribution in [0.4, 0.5) is 4.39 Å². The quantitative estimate of drug-likeness (QED) is 0.517. The summed E-state index contributed by atoms with van der Waals surface area (Å²) in [5.41, 5.74) is 6.63. The summed E-state index contributed by atoms with van der Waals surface area (Å²) >= 11 is 4.56. The Balaban J connectivity index is 0.000000758. The van der Waals surface area contributed by atoms with E-state index in [1.54, 1.807) is 6.07 Å². The fraction of sp³-hybridized carbons (Fsp3) is 0.333. The van der Waals surface area contributed by atoms with Crippen LogP contribution >= 0.6 is 12.6 Å². The lowest BCUT2D eigenvalue weighted by Gasteiger charge is -2.22. The van der Waals surface area contributed by atoms with E-state index in [2.05, 4.69) is 70.7 Å². The van der Waals surface area contributed by atoms with Gasteiger partial charge in [-0.3, -0.25) is 0 Å². The number of hydrogen-bond donors (Lipinski definition) is 1. The molecule has 1 aliphatic rings. The Morgan fingerprint density at radius 1 is 1.00 bits per heavy atom. The predicted octanol–water partition coefficient (Wildman–Crippen LogP) is 7.65. The normalized spacial score (nSPS) is 16.3. The second kappa shape index (κ2) is 9.23. The summed E-state index contributed by atoms with van der Waals surface area (Å²) in [4.78, 5) is 0.997. The van der Waals surface area contributed by atoms with Crippen LogP contribution in [0.25, 0.3) is 11.1 Å². The van der Waals surface area contributed by atoms with Crippen molar-refractivity contribution in [2.24, 2.45) is 5.92 Å². The number of thiol groups is 1. The predicted molar refractivity (Wildman–Crippen MR) is 115 cm³/mol. The molecule has 2 aromatic carbocycles.